The number of thioether (sulfide) groups is 1. The average molecular weight is 300 g/mol. The number of carbonyl (C=O) groups excluding carboxylic acids is 1. The fourth-order valence-electron chi connectivity index (χ4n) is 1.58. The highest BCUT2D eigenvalue weighted by molar-refractivity contribution is 7.98. The molecule has 1 heterocycles. The van der Waals surface area contributed by atoms with Gasteiger partial charge in [0.1, 0.15) is 0 Å². The van der Waals surface area contributed by atoms with Gasteiger partial charge in [-0.05, 0) is 13.8 Å². The van der Waals surface area contributed by atoms with Gasteiger partial charge < -0.3 is 10.6 Å². The lowest BCUT2D eigenvalue weighted by Crippen LogP contribution is -2.31. The van der Waals surface area contributed by atoms with Crippen molar-refractivity contribution in [3.8, 4) is 0 Å². The van der Waals surface area contributed by atoms with Crippen LogP contribution in [0.1, 0.15) is 24.5 Å². The standard InChI is InChI=1S/C12H20N4OS2/c1-3-16(4-2)11(14-9-17)12-15-10(8-19-12)7-18-6-5-13/h8-9H,3-7,13H2,1-2H3. The Kier molecular flexibility index (Phi) is 7.69. The normalized spacial score (nSPS) is 11.6. The molecule has 0 saturated heterocycles. The highest BCUT2D eigenvalue weighted by atomic mass is 32.2. The number of hydrogen-bond acceptors (Lipinski definition) is 5. The Hall–Kier alpha value is -0.920. The summed E-state index contributed by atoms with van der Waals surface area (Å²) in [6.45, 7) is 6.36. The second kappa shape index (κ2) is 9.06. The van der Waals surface area contributed by atoms with Gasteiger partial charge in [-0.2, -0.15) is 16.8 Å². The Bertz CT molecular complexity index is 416. The maximum Gasteiger partial charge on any atom is 0.234 e. The Morgan fingerprint density at radius 3 is 2.89 bits per heavy atom. The van der Waals surface area contributed by atoms with Gasteiger partial charge in [-0.3, -0.25) is 4.79 Å². The van der Waals surface area contributed by atoms with Gasteiger partial charge in [-0.1, -0.05) is 0 Å². The maximum absolute atomic E-state index is 10.7. The number of nitrogens with zero attached hydrogens (tertiary/aromatic N) is 3. The van der Waals surface area contributed by atoms with Crippen molar-refractivity contribution in [2.75, 3.05) is 25.4 Å². The van der Waals surface area contributed by atoms with Gasteiger partial charge in [-0.25, -0.2) is 4.98 Å². The molecule has 5 nitrogen and oxygen atoms in total. The van der Waals surface area contributed by atoms with Crippen LogP contribution in [-0.4, -0.2) is 47.5 Å². The van der Waals surface area contributed by atoms with Crippen molar-refractivity contribution in [1.29, 1.82) is 0 Å². The second-order valence-electron chi connectivity index (χ2n) is 3.72. The number of thiazole rings is 1. The molecule has 0 unspecified atom stereocenters. The van der Waals surface area contributed by atoms with Crippen LogP contribution in [0, 0.1) is 0 Å². The van der Waals surface area contributed by atoms with E-state index in [0.717, 1.165) is 35.3 Å². The lowest BCUT2D eigenvalue weighted by Gasteiger charge is -2.20. The minimum atomic E-state index is 0.581. The zero-order valence-corrected chi connectivity index (χ0v) is 13.0. The molecule has 0 aliphatic carbocycles. The summed E-state index contributed by atoms with van der Waals surface area (Å²) in [5.41, 5.74) is 6.48. The van der Waals surface area contributed by atoms with E-state index in [1.165, 1.54) is 11.3 Å². The summed E-state index contributed by atoms with van der Waals surface area (Å²) in [4.78, 5) is 21.2. The SMILES string of the molecule is CCN(CC)C(=NC=O)c1nc(CSCCN)cs1. The largest absolute Gasteiger partial charge is 0.355 e. The van der Waals surface area contributed by atoms with Crippen molar-refractivity contribution >= 4 is 35.3 Å². The van der Waals surface area contributed by atoms with Crippen molar-refractivity contribution in [2.24, 2.45) is 10.7 Å². The molecule has 0 saturated carbocycles. The van der Waals surface area contributed by atoms with Crippen LogP contribution in [-0.2, 0) is 10.5 Å². The van der Waals surface area contributed by atoms with Crippen LogP contribution in [0.3, 0.4) is 0 Å². The van der Waals surface area contributed by atoms with E-state index >= 15 is 0 Å². The third-order valence-corrected chi connectivity index (χ3v) is 4.40. The first-order valence-corrected chi connectivity index (χ1v) is 8.29. The predicted octanol–water partition coefficient (Wildman–Crippen LogP) is 1.58. The van der Waals surface area contributed by atoms with Crippen molar-refractivity contribution in [2.45, 2.75) is 19.6 Å². The van der Waals surface area contributed by atoms with Crippen molar-refractivity contribution in [3.05, 3.63) is 16.1 Å². The summed E-state index contributed by atoms with van der Waals surface area (Å²) in [6, 6.07) is 0. The molecule has 0 aliphatic rings. The number of aromatic nitrogens is 1. The average Bonchev–Trinajstić information content (AvgIpc) is 2.88. The molecule has 1 amide bonds. The molecule has 19 heavy (non-hydrogen) atoms. The lowest BCUT2D eigenvalue weighted by molar-refractivity contribution is -0.106. The highest BCUT2D eigenvalue weighted by Gasteiger charge is 2.14. The van der Waals surface area contributed by atoms with E-state index in [4.69, 9.17) is 5.73 Å². The van der Waals surface area contributed by atoms with E-state index in [1.807, 2.05) is 24.1 Å². The summed E-state index contributed by atoms with van der Waals surface area (Å²) in [7, 11) is 0. The molecular formula is C12H20N4OS2. The van der Waals surface area contributed by atoms with E-state index in [1.54, 1.807) is 11.8 Å². The van der Waals surface area contributed by atoms with Gasteiger partial charge in [0, 0.05) is 36.5 Å². The molecule has 0 atom stereocenters. The maximum atomic E-state index is 10.7. The molecule has 106 valence electrons. The molecule has 1 aromatic heterocycles. The summed E-state index contributed by atoms with van der Waals surface area (Å²) >= 11 is 3.29. The first-order valence-electron chi connectivity index (χ1n) is 6.25. The topological polar surface area (TPSA) is 71.6 Å². The molecule has 1 aromatic rings. The van der Waals surface area contributed by atoms with Crippen LogP contribution in [0.4, 0.5) is 0 Å². The molecule has 1 rings (SSSR count). The number of amidine groups is 1. The molecule has 0 bridgehead atoms. The van der Waals surface area contributed by atoms with E-state index in [2.05, 4.69) is 9.98 Å². The summed E-state index contributed by atoms with van der Waals surface area (Å²) in [5.74, 6) is 2.44. The Balaban J connectivity index is 2.80. The number of amides is 1. The van der Waals surface area contributed by atoms with Crippen molar-refractivity contribution in [3.63, 3.8) is 0 Å². The molecule has 0 aromatic carbocycles. The molecule has 0 aliphatic heterocycles. The Morgan fingerprint density at radius 1 is 1.58 bits per heavy atom. The highest BCUT2D eigenvalue weighted by Crippen LogP contribution is 2.17. The Labute approximate surface area is 122 Å². The smallest absolute Gasteiger partial charge is 0.234 e. The van der Waals surface area contributed by atoms with Gasteiger partial charge in [0.05, 0.1) is 5.69 Å². The van der Waals surface area contributed by atoms with E-state index in [0.29, 0.717) is 18.8 Å². The van der Waals surface area contributed by atoms with Crippen LogP contribution < -0.4 is 5.73 Å². The van der Waals surface area contributed by atoms with Crippen LogP contribution in [0.25, 0.3) is 0 Å². The fraction of sp³-hybridized carbons (Fsp3) is 0.583. The number of rotatable bonds is 8. The van der Waals surface area contributed by atoms with Crippen LogP contribution in [0.5, 0.6) is 0 Å². The van der Waals surface area contributed by atoms with E-state index in [9.17, 15) is 4.79 Å². The molecule has 0 spiro atoms. The van der Waals surface area contributed by atoms with Crippen molar-refractivity contribution in [1.82, 2.24) is 9.88 Å². The van der Waals surface area contributed by atoms with E-state index in [-0.39, 0.29) is 0 Å². The third-order valence-electron chi connectivity index (χ3n) is 2.49. The first-order chi connectivity index (χ1) is 9.26. The number of nitrogens with two attached hydrogens (primary N) is 1. The van der Waals surface area contributed by atoms with Crippen LogP contribution in [0.15, 0.2) is 10.4 Å². The molecule has 0 fully saturated rings. The van der Waals surface area contributed by atoms with Crippen molar-refractivity contribution < 1.29 is 4.79 Å². The molecule has 0 radical (unpaired) electrons. The van der Waals surface area contributed by atoms with Gasteiger partial charge in [0.2, 0.25) is 6.41 Å². The monoisotopic (exact) mass is 300 g/mol. The minimum Gasteiger partial charge on any atom is -0.355 e. The van der Waals surface area contributed by atoms with Gasteiger partial charge in [-0.15, -0.1) is 11.3 Å². The lowest BCUT2D eigenvalue weighted by atomic mass is 10.4. The number of hydrogen-bond donors (Lipinski definition) is 1. The predicted molar refractivity (Wildman–Crippen MR) is 82.9 cm³/mol. The Morgan fingerprint density at radius 2 is 2.32 bits per heavy atom. The van der Waals surface area contributed by atoms with Gasteiger partial charge in [0.25, 0.3) is 0 Å². The second-order valence-corrected chi connectivity index (χ2v) is 5.68. The van der Waals surface area contributed by atoms with Crippen LogP contribution in [0.2, 0.25) is 0 Å². The first kappa shape index (κ1) is 16.1. The number of carbonyl (C=O) groups is 1. The summed E-state index contributed by atoms with van der Waals surface area (Å²) < 4.78 is 0. The zero-order valence-electron chi connectivity index (χ0n) is 11.3. The van der Waals surface area contributed by atoms with Crippen LogP contribution >= 0.6 is 23.1 Å². The molecule has 2 N–H and O–H groups in total. The zero-order chi connectivity index (χ0) is 14.1. The molecule has 7 heteroatoms. The third kappa shape index (κ3) is 4.93. The minimum absolute atomic E-state index is 0.581. The summed E-state index contributed by atoms with van der Waals surface area (Å²) in [5, 5.41) is 2.82. The van der Waals surface area contributed by atoms with E-state index < -0.39 is 0 Å². The quantitative estimate of drug-likeness (QED) is 0.341. The molecular weight excluding hydrogens is 280 g/mol. The van der Waals surface area contributed by atoms with Gasteiger partial charge in [0.15, 0.2) is 10.8 Å². The number of aliphatic imine (C=N–C) groups is 1. The van der Waals surface area contributed by atoms with Gasteiger partial charge >= 0.3 is 0 Å². The summed E-state index contributed by atoms with van der Waals surface area (Å²) in [6.07, 6.45) is 0.581. The fourth-order valence-corrected chi connectivity index (χ4v) is 3.20.